The second-order valence-corrected chi connectivity index (χ2v) is 7.72. The average molecular weight is 390 g/mol. The quantitative estimate of drug-likeness (QED) is 0.686. The molecule has 2 aromatic heterocycles. The van der Waals surface area contributed by atoms with Gasteiger partial charge in [0.25, 0.3) is 5.91 Å². The van der Waals surface area contributed by atoms with E-state index >= 15 is 0 Å². The van der Waals surface area contributed by atoms with Gasteiger partial charge in [-0.2, -0.15) is 0 Å². The van der Waals surface area contributed by atoms with Crippen LogP contribution in [0.5, 0.6) is 0 Å². The second kappa shape index (κ2) is 7.87. The Morgan fingerprint density at radius 1 is 1.41 bits per heavy atom. The molecule has 0 saturated carbocycles. The van der Waals surface area contributed by atoms with Gasteiger partial charge in [0, 0.05) is 23.5 Å². The normalized spacial score (nSPS) is 16.9. The SMILES string of the molecule is Cc1ccsc1CNC(=O)CN1C(=O)NC(Cc2cn(C(C)C)nn2)C1=O. The van der Waals surface area contributed by atoms with Crippen LogP contribution in [0.4, 0.5) is 4.79 Å². The number of nitrogens with one attached hydrogen (secondary N) is 2. The summed E-state index contributed by atoms with van der Waals surface area (Å²) in [7, 11) is 0. The first-order chi connectivity index (χ1) is 12.8. The van der Waals surface area contributed by atoms with Crippen LogP contribution in [-0.4, -0.2) is 50.3 Å². The number of aryl methyl sites for hydroxylation is 1. The molecule has 1 fully saturated rings. The summed E-state index contributed by atoms with van der Waals surface area (Å²) in [5, 5.41) is 15.3. The maximum atomic E-state index is 12.5. The van der Waals surface area contributed by atoms with Crippen molar-refractivity contribution >= 4 is 29.2 Å². The molecule has 1 aliphatic heterocycles. The van der Waals surface area contributed by atoms with Gasteiger partial charge in [-0.25, -0.2) is 9.48 Å². The Hall–Kier alpha value is -2.75. The van der Waals surface area contributed by atoms with Crippen molar-refractivity contribution in [2.24, 2.45) is 0 Å². The van der Waals surface area contributed by atoms with Crippen molar-refractivity contribution in [3.63, 3.8) is 0 Å². The Balaban J connectivity index is 1.55. The summed E-state index contributed by atoms with van der Waals surface area (Å²) in [5.74, 6) is -0.806. The molecule has 1 aliphatic rings. The fraction of sp³-hybridized carbons (Fsp3) is 0.471. The van der Waals surface area contributed by atoms with Gasteiger partial charge < -0.3 is 10.6 Å². The Labute approximate surface area is 160 Å². The topological polar surface area (TPSA) is 109 Å². The highest BCUT2D eigenvalue weighted by molar-refractivity contribution is 7.10. The third-order valence-electron chi connectivity index (χ3n) is 4.32. The van der Waals surface area contributed by atoms with E-state index in [1.807, 2.05) is 32.2 Å². The minimum Gasteiger partial charge on any atom is -0.350 e. The molecule has 0 aromatic carbocycles. The summed E-state index contributed by atoms with van der Waals surface area (Å²) in [4.78, 5) is 38.7. The number of imide groups is 1. The van der Waals surface area contributed by atoms with Crippen molar-refractivity contribution in [1.29, 1.82) is 0 Å². The number of rotatable bonds is 7. The van der Waals surface area contributed by atoms with E-state index in [2.05, 4.69) is 20.9 Å². The van der Waals surface area contributed by atoms with Crippen LogP contribution in [0.15, 0.2) is 17.6 Å². The standard InChI is InChI=1S/C17H22N6O3S/c1-10(2)23-8-12(20-21-23)6-13-16(25)22(17(26)19-13)9-15(24)18-7-14-11(3)4-5-27-14/h4-5,8,10,13H,6-7,9H2,1-3H3,(H,18,24)(H,19,26). The molecular formula is C17H22N6O3S. The maximum Gasteiger partial charge on any atom is 0.325 e. The van der Waals surface area contributed by atoms with E-state index in [0.29, 0.717) is 12.2 Å². The molecule has 0 spiro atoms. The van der Waals surface area contributed by atoms with Crippen molar-refractivity contribution in [1.82, 2.24) is 30.5 Å². The van der Waals surface area contributed by atoms with Crippen LogP contribution in [0.25, 0.3) is 0 Å². The van der Waals surface area contributed by atoms with Gasteiger partial charge in [-0.1, -0.05) is 5.21 Å². The lowest BCUT2D eigenvalue weighted by Crippen LogP contribution is -2.41. The van der Waals surface area contributed by atoms with Crippen LogP contribution in [0.2, 0.25) is 0 Å². The third-order valence-corrected chi connectivity index (χ3v) is 5.35. The average Bonchev–Trinajstić information content (AvgIpc) is 3.30. The van der Waals surface area contributed by atoms with Crippen LogP contribution in [0, 0.1) is 6.92 Å². The number of urea groups is 1. The lowest BCUT2D eigenvalue weighted by molar-refractivity contribution is -0.132. The van der Waals surface area contributed by atoms with Gasteiger partial charge in [-0.3, -0.25) is 14.5 Å². The lowest BCUT2D eigenvalue weighted by Gasteiger charge is -2.12. The first-order valence-electron chi connectivity index (χ1n) is 8.67. The molecule has 3 heterocycles. The molecular weight excluding hydrogens is 368 g/mol. The van der Waals surface area contributed by atoms with E-state index in [-0.39, 0.29) is 24.9 Å². The van der Waals surface area contributed by atoms with Crippen LogP contribution >= 0.6 is 11.3 Å². The van der Waals surface area contributed by atoms with Crippen LogP contribution in [-0.2, 0) is 22.6 Å². The van der Waals surface area contributed by atoms with Gasteiger partial charge in [0.2, 0.25) is 5.91 Å². The van der Waals surface area contributed by atoms with Crippen molar-refractivity contribution in [2.75, 3.05) is 6.54 Å². The summed E-state index contributed by atoms with van der Waals surface area (Å²) in [6.45, 7) is 5.99. The largest absolute Gasteiger partial charge is 0.350 e. The first-order valence-corrected chi connectivity index (χ1v) is 9.55. The number of hydrogen-bond acceptors (Lipinski definition) is 6. The van der Waals surface area contributed by atoms with Crippen LogP contribution in [0.3, 0.4) is 0 Å². The van der Waals surface area contributed by atoms with Gasteiger partial charge in [0.05, 0.1) is 12.2 Å². The molecule has 9 nitrogen and oxygen atoms in total. The molecule has 2 N–H and O–H groups in total. The molecule has 10 heteroatoms. The predicted molar refractivity (Wildman–Crippen MR) is 99.0 cm³/mol. The Bertz CT molecular complexity index is 858. The number of nitrogens with zero attached hydrogens (tertiary/aromatic N) is 4. The van der Waals surface area contributed by atoms with E-state index in [1.165, 1.54) is 0 Å². The fourth-order valence-electron chi connectivity index (χ4n) is 2.70. The summed E-state index contributed by atoms with van der Waals surface area (Å²) < 4.78 is 1.69. The molecule has 3 rings (SSSR count). The van der Waals surface area contributed by atoms with Gasteiger partial charge in [-0.05, 0) is 37.8 Å². The monoisotopic (exact) mass is 390 g/mol. The van der Waals surface area contributed by atoms with E-state index in [4.69, 9.17) is 0 Å². The summed E-state index contributed by atoms with van der Waals surface area (Å²) in [6.07, 6.45) is 1.99. The highest BCUT2D eigenvalue weighted by Crippen LogP contribution is 2.15. The van der Waals surface area contributed by atoms with Crippen molar-refractivity contribution in [3.05, 3.63) is 33.8 Å². The van der Waals surface area contributed by atoms with Crippen molar-refractivity contribution in [2.45, 2.75) is 45.8 Å². The maximum absolute atomic E-state index is 12.5. The number of hydrogen-bond donors (Lipinski definition) is 2. The number of amides is 4. The molecule has 4 amide bonds. The number of carbonyl (C=O) groups excluding carboxylic acids is 3. The highest BCUT2D eigenvalue weighted by atomic mass is 32.1. The minimum atomic E-state index is -0.734. The first kappa shape index (κ1) is 19.0. The van der Waals surface area contributed by atoms with Gasteiger partial charge in [0.1, 0.15) is 12.6 Å². The lowest BCUT2D eigenvalue weighted by atomic mass is 10.1. The molecule has 27 heavy (non-hydrogen) atoms. The number of carbonyl (C=O) groups is 3. The second-order valence-electron chi connectivity index (χ2n) is 6.72. The summed E-state index contributed by atoms with van der Waals surface area (Å²) >= 11 is 1.55. The molecule has 1 saturated heterocycles. The Morgan fingerprint density at radius 2 is 2.19 bits per heavy atom. The van der Waals surface area contributed by atoms with E-state index < -0.39 is 18.0 Å². The van der Waals surface area contributed by atoms with Gasteiger partial charge in [-0.15, -0.1) is 16.4 Å². The molecule has 0 radical (unpaired) electrons. The van der Waals surface area contributed by atoms with E-state index in [0.717, 1.165) is 15.3 Å². The van der Waals surface area contributed by atoms with Gasteiger partial charge >= 0.3 is 6.03 Å². The zero-order valence-electron chi connectivity index (χ0n) is 15.4. The summed E-state index contributed by atoms with van der Waals surface area (Å²) in [5.41, 5.74) is 1.71. The molecule has 2 aromatic rings. The van der Waals surface area contributed by atoms with Crippen LogP contribution < -0.4 is 10.6 Å². The zero-order valence-corrected chi connectivity index (χ0v) is 16.2. The zero-order chi connectivity index (χ0) is 19.6. The van der Waals surface area contributed by atoms with Gasteiger partial charge in [0.15, 0.2) is 0 Å². The molecule has 1 unspecified atom stereocenters. The number of aromatic nitrogens is 3. The fourth-order valence-corrected chi connectivity index (χ4v) is 3.54. The third kappa shape index (κ3) is 4.33. The van der Waals surface area contributed by atoms with E-state index in [9.17, 15) is 14.4 Å². The minimum absolute atomic E-state index is 0.160. The Morgan fingerprint density at radius 3 is 2.81 bits per heavy atom. The molecule has 144 valence electrons. The predicted octanol–water partition coefficient (Wildman–Crippen LogP) is 1.01. The smallest absolute Gasteiger partial charge is 0.325 e. The van der Waals surface area contributed by atoms with Crippen molar-refractivity contribution in [3.8, 4) is 0 Å². The van der Waals surface area contributed by atoms with Crippen molar-refractivity contribution < 1.29 is 14.4 Å². The highest BCUT2D eigenvalue weighted by Gasteiger charge is 2.39. The molecule has 0 bridgehead atoms. The molecule has 1 atom stereocenters. The van der Waals surface area contributed by atoms with Crippen LogP contribution in [0.1, 0.15) is 36.0 Å². The van der Waals surface area contributed by atoms with E-state index in [1.54, 1.807) is 22.2 Å². The summed E-state index contributed by atoms with van der Waals surface area (Å²) in [6, 6.07) is 0.835. The number of thiophene rings is 1. The molecule has 0 aliphatic carbocycles. The Kier molecular flexibility index (Phi) is 5.54.